The summed E-state index contributed by atoms with van der Waals surface area (Å²) in [6.07, 6.45) is 1.08. The first-order chi connectivity index (χ1) is 12.0. The predicted molar refractivity (Wildman–Crippen MR) is 96.0 cm³/mol. The molecule has 0 saturated carbocycles. The quantitative estimate of drug-likeness (QED) is 0.574. The Morgan fingerprint density at radius 2 is 1.76 bits per heavy atom. The fourth-order valence-electron chi connectivity index (χ4n) is 2.39. The second kappa shape index (κ2) is 11.3. The average Bonchev–Trinajstić information content (AvgIpc) is 2.59. The molecule has 6 heteroatoms. The highest BCUT2D eigenvalue weighted by molar-refractivity contribution is 5.78. The zero-order valence-electron chi connectivity index (χ0n) is 15.7. The number of rotatable bonds is 11. The van der Waals surface area contributed by atoms with Crippen molar-refractivity contribution < 1.29 is 23.8 Å². The molecule has 1 rings (SSSR count). The number of hydrogen-bond donors (Lipinski definition) is 0. The lowest BCUT2D eigenvalue weighted by molar-refractivity contribution is -0.142. The summed E-state index contributed by atoms with van der Waals surface area (Å²) < 4.78 is 16.2. The molecule has 0 fully saturated rings. The molecule has 6 nitrogen and oxygen atoms in total. The number of esters is 1. The van der Waals surface area contributed by atoms with Crippen molar-refractivity contribution in [3.63, 3.8) is 0 Å². The second-order valence-electron chi connectivity index (χ2n) is 5.46. The topological polar surface area (TPSA) is 65.1 Å². The fourth-order valence-corrected chi connectivity index (χ4v) is 2.39. The molecule has 0 atom stereocenters. The van der Waals surface area contributed by atoms with Gasteiger partial charge >= 0.3 is 5.97 Å². The van der Waals surface area contributed by atoms with Crippen LogP contribution in [0.3, 0.4) is 0 Å². The first-order valence-corrected chi connectivity index (χ1v) is 8.87. The number of ether oxygens (including phenoxy) is 3. The van der Waals surface area contributed by atoms with Crippen LogP contribution in [0.2, 0.25) is 0 Å². The molecule has 1 amide bonds. The van der Waals surface area contributed by atoms with E-state index in [-0.39, 0.29) is 24.9 Å². The summed E-state index contributed by atoms with van der Waals surface area (Å²) in [5, 5.41) is 0. The van der Waals surface area contributed by atoms with Gasteiger partial charge in [0.1, 0.15) is 0 Å². The van der Waals surface area contributed by atoms with Crippen LogP contribution in [0.15, 0.2) is 18.2 Å². The summed E-state index contributed by atoms with van der Waals surface area (Å²) in [5.74, 6) is 0.681. The second-order valence-corrected chi connectivity index (χ2v) is 5.46. The number of benzene rings is 1. The zero-order chi connectivity index (χ0) is 18.7. The van der Waals surface area contributed by atoms with Gasteiger partial charge in [-0.05, 0) is 44.9 Å². The first kappa shape index (κ1) is 20.8. The third-order valence-corrected chi connectivity index (χ3v) is 3.54. The minimum atomic E-state index is -0.285. The van der Waals surface area contributed by atoms with E-state index < -0.39 is 0 Å². The molecule has 0 unspecified atom stereocenters. The van der Waals surface area contributed by atoms with Gasteiger partial charge in [-0.3, -0.25) is 9.59 Å². The monoisotopic (exact) mass is 351 g/mol. The number of likely N-dealkylation sites (N-methyl/N-ethyl adjacent to an activating group) is 1. The summed E-state index contributed by atoms with van der Waals surface area (Å²) in [4.78, 5) is 25.6. The summed E-state index contributed by atoms with van der Waals surface area (Å²) in [6, 6.07) is 5.26. The van der Waals surface area contributed by atoms with Crippen molar-refractivity contribution in [3.05, 3.63) is 23.8 Å². The van der Waals surface area contributed by atoms with E-state index in [1.807, 2.05) is 20.8 Å². The first-order valence-electron chi connectivity index (χ1n) is 8.87. The van der Waals surface area contributed by atoms with Gasteiger partial charge in [-0.15, -0.1) is 0 Å². The molecule has 0 heterocycles. The maximum absolute atomic E-state index is 12.2. The van der Waals surface area contributed by atoms with Crippen molar-refractivity contribution in [2.45, 2.75) is 40.5 Å². The summed E-state index contributed by atoms with van der Waals surface area (Å²) in [6.45, 7) is 9.78. The molecule has 140 valence electrons. The van der Waals surface area contributed by atoms with Gasteiger partial charge in [0.2, 0.25) is 0 Å². The summed E-state index contributed by atoms with van der Waals surface area (Å²) in [5.41, 5.74) is 0.779. The summed E-state index contributed by atoms with van der Waals surface area (Å²) >= 11 is 0. The van der Waals surface area contributed by atoms with Crippen LogP contribution in [0.5, 0.6) is 11.5 Å². The van der Waals surface area contributed by atoms with Crippen LogP contribution in [0, 0.1) is 0 Å². The fraction of sp³-hybridized carbons (Fsp3) is 0.579. The number of nitrogens with zero attached hydrogens (tertiary/aromatic N) is 1. The van der Waals surface area contributed by atoms with E-state index in [0.717, 1.165) is 18.5 Å². The van der Waals surface area contributed by atoms with Crippen molar-refractivity contribution >= 4 is 11.9 Å². The van der Waals surface area contributed by atoms with Crippen molar-refractivity contribution in [3.8, 4) is 11.5 Å². The molecule has 0 aromatic heterocycles. The highest BCUT2D eigenvalue weighted by Crippen LogP contribution is 2.29. The lowest BCUT2D eigenvalue weighted by atomic mass is 10.1. The van der Waals surface area contributed by atoms with Crippen LogP contribution in [-0.2, 0) is 20.7 Å². The molecular formula is C19H29NO5. The van der Waals surface area contributed by atoms with Crippen LogP contribution < -0.4 is 9.47 Å². The number of amides is 1. The number of carbonyl (C=O) groups excluding carboxylic acids is 2. The Labute approximate surface area is 150 Å². The zero-order valence-corrected chi connectivity index (χ0v) is 15.7. The van der Waals surface area contributed by atoms with Crippen molar-refractivity contribution in [1.82, 2.24) is 4.90 Å². The maximum Gasteiger partial charge on any atom is 0.310 e. The Morgan fingerprint density at radius 1 is 1.00 bits per heavy atom. The standard InChI is InChI=1S/C19H29NO5/c1-5-11-20(6-2)18(21)14-25-16-10-9-15(12-17(16)23-7-3)13-19(22)24-8-4/h9-10,12H,5-8,11,13-14H2,1-4H3. The van der Waals surface area contributed by atoms with Gasteiger partial charge in [0.15, 0.2) is 18.1 Å². The number of hydrogen-bond acceptors (Lipinski definition) is 5. The lowest BCUT2D eigenvalue weighted by Gasteiger charge is -2.20. The third kappa shape index (κ3) is 7.03. The number of carbonyl (C=O) groups is 2. The van der Waals surface area contributed by atoms with Gasteiger partial charge in [-0.1, -0.05) is 13.0 Å². The van der Waals surface area contributed by atoms with Crippen molar-refractivity contribution in [2.75, 3.05) is 32.9 Å². The molecule has 25 heavy (non-hydrogen) atoms. The Hall–Kier alpha value is -2.24. The average molecular weight is 351 g/mol. The highest BCUT2D eigenvalue weighted by atomic mass is 16.5. The molecule has 0 N–H and O–H groups in total. The van der Waals surface area contributed by atoms with E-state index in [9.17, 15) is 9.59 Å². The van der Waals surface area contributed by atoms with Gasteiger partial charge in [-0.2, -0.15) is 0 Å². The largest absolute Gasteiger partial charge is 0.490 e. The molecule has 0 saturated heterocycles. The minimum absolute atomic E-state index is 0.0366. The van der Waals surface area contributed by atoms with E-state index in [1.54, 1.807) is 30.0 Å². The van der Waals surface area contributed by atoms with E-state index in [4.69, 9.17) is 14.2 Å². The smallest absolute Gasteiger partial charge is 0.310 e. The molecule has 0 aliphatic carbocycles. The van der Waals surface area contributed by atoms with E-state index in [0.29, 0.717) is 31.3 Å². The van der Waals surface area contributed by atoms with Crippen LogP contribution >= 0.6 is 0 Å². The normalized spacial score (nSPS) is 10.2. The van der Waals surface area contributed by atoms with Crippen molar-refractivity contribution in [2.24, 2.45) is 0 Å². The van der Waals surface area contributed by atoms with Gasteiger partial charge < -0.3 is 19.1 Å². The highest BCUT2D eigenvalue weighted by Gasteiger charge is 2.14. The van der Waals surface area contributed by atoms with E-state index >= 15 is 0 Å². The Morgan fingerprint density at radius 3 is 2.36 bits per heavy atom. The van der Waals surface area contributed by atoms with Gasteiger partial charge in [0.05, 0.1) is 19.6 Å². The molecule has 1 aromatic rings. The molecule has 0 aliphatic rings. The molecule has 1 aromatic carbocycles. The maximum atomic E-state index is 12.2. The lowest BCUT2D eigenvalue weighted by Crippen LogP contribution is -2.35. The van der Waals surface area contributed by atoms with Crippen LogP contribution in [0.25, 0.3) is 0 Å². The molecule has 0 aliphatic heterocycles. The van der Waals surface area contributed by atoms with Crippen LogP contribution in [0.1, 0.15) is 39.7 Å². The predicted octanol–water partition coefficient (Wildman–Crippen LogP) is 2.83. The molecule has 0 spiro atoms. The van der Waals surface area contributed by atoms with E-state index in [1.165, 1.54) is 0 Å². The third-order valence-electron chi connectivity index (χ3n) is 3.54. The van der Waals surface area contributed by atoms with Crippen LogP contribution in [-0.4, -0.2) is 49.7 Å². The summed E-state index contributed by atoms with van der Waals surface area (Å²) in [7, 11) is 0. The molecule has 0 bridgehead atoms. The SMILES string of the molecule is CCCN(CC)C(=O)COc1ccc(CC(=O)OCC)cc1OCC. The van der Waals surface area contributed by atoms with Gasteiger partial charge in [0, 0.05) is 13.1 Å². The van der Waals surface area contributed by atoms with Crippen LogP contribution in [0.4, 0.5) is 0 Å². The van der Waals surface area contributed by atoms with Crippen molar-refractivity contribution in [1.29, 1.82) is 0 Å². The van der Waals surface area contributed by atoms with E-state index in [2.05, 4.69) is 0 Å². The Kier molecular flexibility index (Phi) is 9.43. The Bertz CT molecular complexity index is 559. The minimum Gasteiger partial charge on any atom is -0.490 e. The van der Waals surface area contributed by atoms with Gasteiger partial charge in [-0.25, -0.2) is 0 Å². The Balaban J connectivity index is 2.78. The van der Waals surface area contributed by atoms with Gasteiger partial charge in [0.25, 0.3) is 5.91 Å². The molecule has 0 radical (unpaired) electrons. The molecular weight excluding hydrogens is 322 g/mol.